The predicted molar refractivity (Wildman–Crippen MR) is 124 cm³/mol. The fraction of sp³-hybridized carbons (Fsp3) is 0.130. The average Bonchev–Trinajstić information content (AvgIpc) is 3.19. The first-order valence-electron chi connectivity index (χ1n) is 9.82. The van der Waals surface area contributed by atoms with Crippen molar-refractivity contribution < 1.29 is 13.2 Å². The maximum Gasteiger partial charge on any atom is 0.272 e. The Bertz CT molecular complexity index is 1480. The lowest BCUT2D eigenvalue weighted by Gasteiger charge is -2.12. The Morgan fingerprint density at radius 3 is 2.41 bits per heavy atom. The Kier molecular flexibility index (Phi) is 5.45. The molecule has 32 heavy (non-hydrogen) atoms. The number of nitrogens with one attached hydrogen (secondary N) is 2. The fourth-order valence-electron chi connectivity index (χ4n) is 3.33. The highest BCUT2D eigenvalue weighted by atomic mass is 32.2. The van der Waals surface area contributed by atoms with E-state index in [4.69, 9.17) is 0 Å². The molecule has 4 aromatic rings. The molecule has 164 valence electrons. The van der Waals surface area contributed by atoms with Crippen molar-refractivity contribution in [1.29, 1.82) is 0 Å². The molecule has 0 spiro atoms. The number of carbonyl (C=O) groups is 1. The van der Waals surface area contributed by atoms with E-state index < -0.39 is 15.9 Å². The zero-order valence-electron chi connectivity index (χ0n) is 17.8. The number of H-pyrrole nitrogens is 1. The number of hydrogen-bond acceptors (Lipinski definition) is 4. The number of aryl methyl sites for hydroxylation is 1. The van der Waals surface area contributed by atoms with Crippen LogP contribution in [0, 0.1) is 6.92 Å². The zero-order chi connectivity index (χ0) is 23.0. The van der Waals surface area contributed by atoms with Crippen molar-refractivity contribution in [3.63, 3.8) is 0 Å². The Labute approximate surface area is 185 Å². The molecule has 0 bridgehead atoms. The number of nitrogens with zero attached hydrogens (tertiary/aromatic N) is 2. The van der Waals surface area contributed by atoms with Gasteiger partial charge in [0.25, 0.3) is 11.5 Å². The predicted octanol–water partition coefficient (Wildman–Crippen LogP) is 3.13. The molecule has 2 aromatic heterocycles. The van der Waals surface area contributed by atoms with E-state index >= 15 is 0 Å². The average molecular weight is 451 g/mol. The highest BCUT2D eigenvalue weighted by molar-refractivity contribution is 7.89. The number of benzene rings is 2. The SMILES string of the molecule is Cc1ccc(-n2c(=O)ccc3cc(C(=O)Nc4cccc(S(=O)(=O)N(C)C)c4)[nH]c32)cc1. The maximum atomic E-state index is 12.9. The van der Waals surface area contributed by atoms with E-state index in [1.165, 1.54) is 36.9 Å². The minimum atomic E-state index is -3.63. The summed E-state index contributed by atoms with van der Waals surface area (Å²) in [6, 6.07) is 18.3. The van der Waals surface area contributed by atoms with Crippen molar-refractivity contribution in [2.45, 2.75) is 11.8 Å². The van der Waals surface area contributed by atoms with Crippen molar-refractivity contribution in [2.75, 3.05) is 19.4 Å². The van der Waals surface area contributed by atoms with Crippen LogP contribution in [0.1, 0.15) is 16.1 Å². The summed E-state index contributed by atoms with van der Waals surface area (Å²) in [4.78, 5) is 28.5. The Hall–Kier alpha value is -3.69. The topological polar surface area (TPSA) is 104 Å². The molecule has 0 aliphatic carbocycles. The molecule has 2 N–H and O–H groups in total. The van der Waals surface area contributed by atoms with E-state index in [1.807, 2.05) is 31.2 Å². The van der Waals surface area contributed by atoms with Gasteiger partial charge >= 0.3 is 0 Å². The summed E-state index contributed by atoms with van der Waals surface area (Å²) in [7, 11) is -0.742. The number of fused-ring (bicyclic) bond motifs is 1. The van der Waals surface area contributed by atoms with E-state index in [0.29, 0.717) is 22.4 Å². The molecule has 1 amide bonds. The van der Waals surface area contributed by atoms with Crippen molar-refractivity contribution >= 4 is 32.7 Å². The van der Waals surface area contributed by atoms with E-state index in [1.54, 1.807) is 24.3 Å². The van der Waals surface area contributed by atoms with Crippen LogP contribution in [-0.2, 0) is 10.0 Å². The summed E-state index contributed by atoms with van der Waals surface area (Å²) < 4.78 is 27.3. The third kappa shape index (κ3) is 3.95. The van der Waals surface area contributed by atoms with Crippen LogP contribution >= 0.6 is 0 Å². The number of hydrogen-bond donors (Lipinski definition) is 2. The number of amides is 1. The van der Waals surface area contributed by atoms with Gasteiger partial charge in [0.15, 0.2) is 0 Å². The number of carbonyl (C=O) groups excluding carboxylic acids is 1. The Morgan fingerprint density at radius 1 is 1.00 bits per heavy atom. The van der Waals surface area contributed by atoms with Gasteiger partial charge in [-0.05, 0) is 49.4 Å². The first kappa shape index (κ1) is 21.5. The van der Waals surface area contributed by atoms with Crippen LogP contribution in [0.15, 0.2) is 76.4 Å². The minimum Gasteiger partial charge on any atom is -0.336 e. The van der Waals surface area contributed by atoms with Gasteiger partial charge in [-0.1, -0.05) is 23.8 Å². The third-order valence-electron chi connectivity index (χ3n) is 5.08. The molecule has 2 aromatic carbocycles. The summed E-state index contributed by atoms with van der Waals surface area (Å²) in [5.74, 6) is -0.455. The quantitative estimate of drug-likeness (QED) is 0.487. The molecule has 8 nitrogen and oxygen atoms in total. The van der Waals surface area contributed by atoms with Crippen LogP contribution in [0.4, 0.5) is 5.69 Å². The molecule has 9 heteroatoms. The molecular formula is C23H22N4O4S. The summed E-state index contributed by atoms with van der Waals surface area (Å²) in [6.07, 6.45) is 0. The van der Waals surface area contributed by atoms with Crippen molar-refractivity contribution in [1.82, 2.24) is 13.9 Å². The molecule has 0 atom stereocenters. The third-order valence-corrected chi connectivity index (χ3v) is 6.89. The molecule has 2 heterocycles. The van der Waals surface area contributed by atoms with Gasteiger partial charge in [0, 0.05) is 31.2 Å². The monoisotopic (exact) mass is 450 g/mol. The second kappa shape index (κ2) is 8.10. The largest absolute Gasteiger partial charge is 0.336 e. The molecule has 4 rings (SSSR count). The number of pyridine rings is 1. The van der Waals surface area contributed by atoms with Crippen molar-refractivity contribution in [2.24, 2.45) is 0 Å². The lowest BCUT2D eigenvalue weighted by atomic mass is 10.2. The van der Waals surface area contributed by atoms with E-state index in [9.17, 15) is 18.0 Å². The Morgan fingerprint density at radius 2 is 1.72 bits per heavy atom. The molecule has 0 fully saturated rings. The normalized spacial score (nSPS) is 11.8. The van der Waals surface area contributed by atoms with Gasteiger partial charge in [0.1, 0.15) is 11.3 Å². The summed E-state index contributed by atoms with van der Waals surface area (Å²) in [5, 5.41) is 3.41. The number of sulfonamides is 1. The summed E-state index contributed by atoms with van der Waals surface area (Å²) >= 11 is 0. The van der Waals surface area contributed by atoms with Gasteiger partial charge in [0.05, 0.1) is 10.6 Å². The zero-order valence-corrected chi connectivity index (χ0v) is 18.6. The summed E-state index contributed by atoms with van der Waals surface area (Å²) in [6.45, 7) is 1.96. The molecule has 0 aliphatic heterocycles. The molecule has 0 unspecified atom stereocenters. The Balaban J connectivity index is 1.70. The first-order chi connectivity index (χ1) is 15.2. The second-order valence-corrected chi connectivity index (χ2v) is 9.75. The number of rotatable bonds is 5. The summed E-state index contributed by atoms with van der Waals surface area (Å²) in [5.41, 5.74) is 2.60. The highest BCUT2D eigenvalue weighted by Gasteiger charge is 2.18. The van der Waals surface area contributed by atoms with Crippen molar-refractivity contribution in [3.05, 3.63) is 88.3 Å². The van der Waals surface area contributed by atoms with Gasteiger partial charge in [-0.2, -0.15) is 0 Å². The minimum absolute atomic E-state index is 0.0742. The van der Waals surface area contributed by atoms with E-state index in [0.717, 1.165) is 9.87 Å². The first-order valence-corrected chi connectivity index (χ1v) is 11.3. The van der Waals surface area contributed by atoms with Crippen molar-refractivity contribution in [3.8, 4) is 5.69 Å². The maximum absolute atomic E-state index is 12.9. The van der Waals surface area contributed by atoms with Crippen LogP contribution in [0.3, 0.4) is 0 Å². The number of anilines is 1. The van der Waals surface area contributed by atoms with Crippen LogP contribution < -0.4 is 10.9 Å². The smallest absolute Gasteiger partial charge is 0.272 e. The van der Waals surface area contributed by atoms with Gasteiger partial charge in [-0.15, -0.1) is 0 Å². The lowest BCUT2D eigenvalue weighted by molar-refractivity contribution is 0.102. The van der Waals surface area contributed by atoms with Gasteiger partial charge in [0.2, 0.25) is 10.0 Å². The standard InChI is InChI=1S/C23H22N4O4S/c1-15-7-10-18(11-8-15)27-21(28)12-9-16-13-20(25-22(16)27)23(29)24-17-5-4-6-19(14-17)32(30,31)26(2)3/h4-14,25H,1-3H3,(H,24,29). The second-order valence-electron chi connectivity index (χ2n) is 7.60. The van der Waals surface area contributed by atoms with E-state index in [2.05, 4.69) is 10.3 Å². The molecule has 0 radical (unpaired) electrons. The number of aromatic amines is 1. The van der Waals surface area contributed by atoms with Crippen LogP contribution in [0.2, 0.25) is 0 Å². The molecule has 0 saturated carbocycles. The number of aromatic nitrogens is 2. The molecular weight excluding hydrogens is 428 g/mol. The fourth-order valence-corrected chi connectivity index (χ4v) is 4.28. The van der Waals surface area contributed by atoms with Crippen LogP contribution in [-0.4, -0.2) is 42.3 Å². The lowest BCUT2D eigenvalue weighted by Crippen LogP contribution is -2.22. The van der Waals surface area contributed by atoms with Gasteiger partial charge in [-0.25, -0.2) is 12.7 Å². The molecule has 0 aliphatic rings. The molecule has 0 saturated heterocycles. The van der Waals surface area contributed by atoms with E-state index in [-0.39, 0.29) is 16.1 Å². The van der Waals surface area contributed by atoms with Gasteiger partial charge < -0.3 is 10.3 Å². The van der Waals surface area contributed by atoms with Crippen LogP contribution in [0.25, 0.3) is 16.7 Å². The van der Waals surface area contributed by atoms with Gasteiger partial charge in [-0.3, -0.25) is 14.2 Å². The van der Waals surface area contributed by atoms with Crippen LogP contribution in [0.5, 0.6) is 0 Å². The highest BCUT2D eigenvalue weighted by Crippen LogP contribution is 2.21.